The van der Waals surface area contributed by atoms with Crippen molar-refractivity contribution in [1.82, 2.24) is 14.1 Å². The zero-order valence-corrected chi connectivity index (χ0v) is 16.9. The Morgan fingerprint density at radius 1 is 1.19 bits per heavy atom. The topological polar surface area (TPSA) is 86.9 Å². The molecule has 146 valence electrons. The van der Waals surface area contributed by atoms with Crippen molar-refractivity contribution in [3.8, 4) is 0 Å². The SMILES string of the molecule is Cc1cc(C(N)=O)cc(S(=O)(=O)N(CCN(C)C)C2CCN(C)CC2)c1. The first-order chi connectivity index (χ1) is 12.1. The number of hydrogen-bond donors (Lipinski definition) is 1. The standard InChI is InChI=1S/C18H30N4O3S/c1-14-11-15(18(19)23)13-17(12-14)26(24,25)22(10-9-20(2)3)16-5-7-21(4)8-6-16/h11-13,16H,5-10H2,1-4H3,(H2,19,23). The summed E-state index contributed by atoms with van der Waals surface area (Å²) in [5.41, 5.74) is 6.29. The minimum Gasteiger partial charge on any atom is -0.366 e. The van der Waals surface area contributed by atoms with Gasteiger partial charge in [0.1, 0.15) is 0 Å². The zero-order valence-electron chi connectivity index (χ0n) is 16.1. The van der Waals surface area contributed by atoms with Gasteiger partial charge >= 0.3 is 0 Å². The van der Waals surface area contributed by atoms with Gasteiger partial charge in [0.05, 0.1) is 4.90 Å². The fourth-order valence-electron chi connectivity index (χ4n) is 3.26. The molecule has 8 heteroatoms. The Hall–Kier alpha value is -1.48. The van der Waals surface area contributed by atoms with Gasteiger partial charge in [-0.2, -0.15) is 4.31 Å². The number of amides is 1. The lowest BCUT2D eigenvalue weighted by molar-refractivity contribution is 0.1000. The number of nitrogens with zero attached hydrogens (tertiary/aromatic N) is 3. The van der Waals surface area contributed by atoms with Gasteiger partial charge in [-0.3, -0.25) is 4.79 Å². The van der Waals surface area contributed by atoms with E-state index in [4.69, 9.17) is 5.73 Å². The lowest BCUT2D eigenvalue weighted by atomic mass is 10.1. The Morgan fingerprint density at radius 2 is 1.81 bits per heavy atom. The highest BCUT2D eigenvalue weighted by Crippen LogP contribution is 2.25. The summed E-state index contributed by atoms with van der Waals surface area (Å²) < 4.78 is 28.4. The molecule has 0 saturated carbocycles. The van der Waals surface area contributed by atoms with Crippen molar-refractivity contribution < 1.29 is 13.2 Å². The molecule has 0 unspecified atom stereocenters. The number of rotatable bonds is 7. The van der Waals surface area contributed by atoms with Crippen LogP contribution in [0.5, 0.6) is 0 Å². The van der Waals surface area contributed by atoms with Gasteiger partial charge in [0.25, 0.3) is 0 Å². The van der Waals surface area contributed by atoms with E-state index < -0.39 is 15.9 Å². The highest BCUT2D eigenvalue weighted by molar-refractivity contribution is 7.89. The molecule has 0 radical (unpaired) electrons. The lowest BCUT2D eigenvalue weighted by Gasteiger charge is -2.37. The molecule has 1 aliphatic rings. The third-order valence-corrected chi connectivity index (χ3v) is 6.73. The van der Waals surface area contributed by atoms with E-state index in [0.717, 1.165) is 25.9 Å². The Bertz CT molecular complexity index is 741. The van der Waals surface area contributed by atoms with Crippen LogP contribution in [0.15, 0.2) is 23.1 Å². The molecule has 0 aromatic heterocycles. The fraction of sp³-hybridized carbons (Fsp3) is 0.611. The maximum atomic E-state index is 13.4. The molecule has 2 rings (SSSR count). The van der Waals surface area contributed by atoms with Crippen LogP contribution < -0.4 is 5.73 Å². The summed E-state index contributed by atoms with van der Waals surface area (Å²) >= 11 is 0. The van der Waals surface area contributed by atoms with Crippen LogP contribution in [0, 0.1) is 6.92 Å². The predicted molar refractivity (Wildman–Crippen MR) is 103 cm³/mol. The second kappa shape index (κ2) is 8.47. The first-order valence-corrected chi connectivity index (χ1v) is 10.3. The van der Waals surface area contributed by atoms with Crippen molar-refractivity contribution in [3.05, 3.63) is 29.3 Å². The molecular weight excluding hydrogens is 352 g/mol. The second-order valence-electron chi connectivity index (χ2n) is 7.35. The van der Waals surface area contributed by atoms with E-state index in [1.165, 1.54) is 6.07 Å². The summed E-state index contributed by atoms with van der Waals surface area (Å²) in [4.78, 5) is 15.9. The van der Waals surface area contributed by atoms with Gasteiger partial charge in [-0.05, 0) is 77.8 Å². The number of sulfonamides is 1. The third-order valence-electron chi connectivity index (χ3n) is 4.80. The van der Waals surface area contributed by atoms with Gasteiger partial charge in [0, 0.05) is 24.7 Å². The number of likely N-dealkylation sites (tertiary alicyclic amines) is 1. The minimum absolute atomic E-state index is 0.0336. The Kier molecular flexibility index (Phi) is 6.79. The quantitative estimate of drug-likeness (QED) is 0.752. The van der Waals surface area contributed by atoms with E-state index in [0.29, 0.717) is 18.7 Å². The predicted octanol–water partition coefficient (Wildman–Crippen LogP) is 0.740. The number of likely N-dealkylation sites (N-methyl/N-ethyl adjacent to an activating group) is 1. The number of aryl methyl sites for hydroxylation is 1. The Morgan fingerprint density at radius 3 is 2.35 bits per heavy atom. The average molecular weight is 383 g/mol. The largest absolute Gasteiger partial charge is 0.366 e. The highest BCUT2D eigenvalue weighted by Gasteiger charge is 2.33. The van der Waals surface area contributed by atoms with Crippen LogP contribution in [0.25, 0.3) is 0 Å². The molecule has 1 aliphatic heterocycles. The normalized spacial score (nSPS) is 17.2. The minimum atomic E-state index is -3.71. The summed E-state index contributed by atoms with van der Waals surface area (Å²) in [5.74, 6) is -0.621. The van der Waals surface area contributed by atoms with Crippen LogP contribution in [-0.4, -0.2) is 81.8 Å². The van der Waals surface area contributed by atoms with E-state index >= 15 is 0 Å². The summed E-state index contributed by atoms with van der Waals surface area (Å²) in [7, 11) is 2.19. The second-order valence-corrected chi connectivity index (χ2v) is 9.24. The molecule has 0 atom stereocenters. The van der Waals surface area contributed by atoms with Gasteiger partial charge in [-0.15, -0.1) is 0 Å². The molecule has 1 amide bonds. The molecule has 1 saturated heterocycles. The van der Waals surface area contributed by atoms with Crippen molar-refractivity contribution in [3.63, 3.8) is 0 Å². The van der Waals surface area contributed by atoms with Crippen LogP contribution in [0.1, 0.15) is 28.8 Å². The number of benzene rings is 1. The van der Waals surface area contributed by atoms with Crippen LogP contribution in [-0.2, 0) is 10.0 Å². The van der Waals surface area contributed by atoms with Gasteiger partial charge in [0.2, 0.25) is 15.9 Å². The van der Waals surface area contributed by atoms with Gasteiger partial charge in [-0.25, -0.2) is 8.42 Å². The van der Waals surface area contributed by atoms with E-state index in [2.05, 4.69) is 11.9 Å². The average Bonchev–Trinajstić information content (AvgIpc) is 2.55. The Balaban J connectivity index is 2.39. The maximum absolute atomic E-state index is 13.4. The molecule has 7 nitrogen and oxygen atoms in total. The smallest absolute Gasteiger partial charge is 0.248 e. The van der Waals surface area contributed by atoms with Crippen molar-refractivity contribution in [1.29, 1.82) is 0 Å². The molecule has 1 heterocycles. The van der Waals surface area contributed by atoms with E-state index in [9.17, 15) is 13.2 Å². The summed E-state index contributed by atoms with van der Waals surface area (Å²) in [5, 5.41) is 0. The zero-order chi connectivity index (χ0) is 19.5. The third kappa shape index (κ3) is 5.03. The number of primary amides is 1. The monoisotopic (exact) mass is 382 g/mol. The van der Waals surface area contributed by atoms with E-state index in [1.54, 1.807) is 23.4 Å². The molecule has 1 aromatic carbocycles. The van der Waals surface area contributed by atoms with Gasteiger partial charge in [0.15, 0.2) is 0 Å². The molecule has 1 aromatic rings. The van der Waals surface area contributed by atoms with Gasteiger partial charge in [-0.1, -0.05) is 0 Å². The molecule has 26 heavy (non-hydrogen) atoms. The first kappa shape index (κ1) is 20.8. The number of nitrogens with two attached hydrogens (primary N) is 1. The molecule has 2 N–H and O–H groups in total. The lowest BCUT2D eigenvalue weighted by Crippen LogP contribution is -2.48. The highest BCUT2D eigenvalue weighted by atomic mass is 32.2. The number of carbonyl (C=O) groups excluding carboxylic acids is 1. The van der Waals surface area contributed by atoms with Crippen molar-refractivity contribution >= 4 is 15.9 Å². The molecule has 0 aliphatic carbocycles. The van der Waals surface area contributed by atoms with Crippen LogP contribution in [0.4, 0.5) is 0 Å². The van der Waals surface area contributed by atoms with Gasteiger partial charge < -0.3 is 15.5 Å². The van der Waals surface area contributed by atoms with Crippen LogP contribution in [0.2, 0.25) is 0 Å². The van der Waals surface area contributed by atoms with Crippen LogP contribution in [0.3, 0.4) is 0 Å². The Labute approximate surface area is 156 Å². The fourth-order valence-corrected chi connectivity index (χ4v) is 5.06. The first-order valence-electron chi connectivity index (χ1n) is 8.88. The summed E-state index contributed by atoms with van der Waals surface area (Å²) in [6, 6.07) is 4.58. The maximum Gasteiger partial charge on any atom is 0.248 e. The summed E-state index contributed by atoms with van der Waals surface area (Å²) in [6.45, 7) is 4.58. The van der Waals surface area contributed by atoms with Crippen LogP contribution >= 0.6 is 0 Å². The van der Waals surface area contributed by atoms with E-state index in [-0.39, 0.29) is 16.5 Å². The summed E-state index contributed by atoms with van der Waals surface area (Å²) in [6.07, 6.45) is 1.61. The molecule has 0 bridgehead atoms. The molecule has 1 fully saturated rings. The van der Waals surface area contributed by atoms with E-state index in [1.807, 2.05) is 19.0 Å². The van der Waals surface area contributed by atoms with Crippen molar-refractivity contribution in [2.45, 2.75) is 30.7 Å². The molecule has 0 spiro atoms. The number of piperidine rings is 1. The van der Waals surface area contributed by atoms with Crippen molar-refractivity contribution in [2.24, 2.45) is 5.73 Å². The number of carbonyl (C=O) groups is 1. The number of hydrogen-bond acceptors (Lipinski definition) is 5. The molecular formula is C18H30N4O3S. The van der Waals surface area contributed by atoms with Crippen molar-refractivity contribution in [2.75, 3.05) is 47.3 Å².